The number of hydrogen-bond donors (Lipinski definition) is 1. The normalized spacial score (nSPS) is 27.8. The quantitative estimate of drug-likeness (QED) is 0.912. The summed E-state index contributed by atoms with van der Waals surface area (Å²) < 4.78 is 43.6. The van der Waals surface area contributed by atoms with Crippen molar-refractivity contribution in [1.29, 1.82) is 0 Å². The summed E-state index contributed by atoms with van der Waals surface area (Å²) in [4.78, 5) is 0. The van der Waals surface area contributed by atoms with E-state index >= 15 is 0 Å². The molecule has 20 heavy (non-hydrogen) atoms. The Morgan fingerprint density at radius 1 is 1.15 bits per heavy atom. The van der Waals surface area contributed by atoms with Crippen molar-refractivity contribution in [2.75, 3.05) is 7.11 Å². The van der Waals surface area contributed by atoms with E-state index in [1.165, 1.54) is 5.56 Å². The minimum absolute atomic E-state index is 0.00812. The first-order valence-electron chi connectivity index (χ1n) is 6.92. The van der Waals surface area contributed by atoms with Gasteiger partial charge in [0.1, 0.15) is 11.3 Å². The highest BCUT2D eigenvalue weighted by Crippen LogP contribution is 2.51. The lowest BCUT2D eigenvalue weighted by Gasteiger charge is -2.39. The van der Waals surface area contributed by atoms with Crippen LogP contribution in [0.15, 0.2) is 24.3 Å². The van der Waals surface area contributed by atoms with E-state index in [9.17, 15) is 13.2 Å². The molecule has 0 unspecified atom stereocenters. The molecule has 2 saturated carbocycles. The Morgan fingerprint density at radius 3 is 2.20 bits per heavy atom. The lowest BCUT2D eigenvalue weighted by atomic mass is 9.75. The van der Waals surface area contributed by atoms with Crippen molar-refractivity contribution in [3.8, 4) is 5.75 Å². The maximum Gasteiger partial charge on any atom is 0.406 e. The summed E-state index contributed by atoms with van der Waals surface area (Å²) in [6.45, 7) is 0. The molecule has 5 heteroatoms. The van der Waals surface area contributed by atoms with E-state index in [1.807, 2.05) is 24.3 Å². The second-order valence-corrected chi connectivity index (χ2v) is 5.86. The molecule has 0 amide bonds. The summed E-state index contributed by atoms with van der Waals surface area (Å²) in [5.74, 6) is 1.17. The zero-order valence-electron chi connectivity index (χ0n) is 11.3. The molecule has 0 aromatic heterocycles. The smallest absolute Gasteiger partial charge is 0.406 e. The lowest BCUT2D eigenvalue weighted by Crippen LogP contribution is -2.53. The zero-order chi connectivity index (χ0) is 14.4. The Labute approximate surface area is 116 Å². The van der Waals surface area contributed by atoms with E-state index in [0.29, 0.717) is 5.92 Å². The van der Waals surface area contributed by atoms with Gasteiger partial charge in [-0.2, -0.15) is 13.2 Å². The van der Waals surface area contributed by atoms with Crippen molar-refractivity contribution in [1.82, 2.24) is 5.32 Å². The summed E-state index contributed by atoms with van der Waals surface area (Å²) in [7, 11) is 1.62. The second-order valence-electron chi connectivity index (χ2n) is 5.86. The SMILES string of the molecule is COc1ccc(C2CC(NC3(C(F)(F)F)CC3)C2)cc1. The molecular weight excluding hydrogens is 267 g/mol. The van der Waals surface area contributed by atoms with Gasteiger partial charge in [0.15, 0.2) is 0 Å². The average Bonchev–Trinajstić information content (AvgIpc) is 3.14. The Kier molecular flexibility index (Phi) is 3.20. The maximum atomic E-state index is 12.8. The largest absolute Gasteiger partial charge is 0.497 e. The van der Waals surface area contributed by atoms with Crippen molar-refractivity contribution in [3.05, 3.63) is 29.8 Å². The molecule has 0 heterocycles. The number of methoxy groups -OCH3 is 1. The Balaban J connectivity index is 1.54. The van der Waals surface area contributed by atoms with Gasteiger partial charge in [0.2, 0.25) is 0 Å². The molecule has 3 rings (SSSR count). The first-order valence-corrected chi connectivity index (χ1v) is 6.92. The van der Waals surface area contributed by atoms with E-state index in [0.717, 1.165) is 18.6 Å². The minimum atomic E-state index is -4.11. The predicted octanol–water partition coefficient (Wildman–Crippen LogP) is 3.63. The summed E-state index contributed by atoms with van der Waals surface area (Å²) >= 11 is 0. The third-order valence-electron chi connectivity index (χ3n) is 4.50. The number of benzene rings is 1. The molecular formula is C15H18F3NO. The Morgan fingerprint density at radius 2 is 1.75 bits per heavy atom. The Bertz CT molecular complexity index is 473. The van der Waals surface area contributed by atoms with Gasteiger partial charge in [0.05, 0.1) is 7.11 Å². The first-order chi connectivity index (χ1) is 9.43. The molecule has 2 nitrogen and oxygen atoms in total. The van der Waals surface area contributed by atoms with Crippen molar-refractivity contribution in [2.45, 2.75) is 49.4 Å². The fourth-order valence-corrected chi connectivity index (χ4v) is 2.91. The molecule has 2 aliphatic rings. The number of nitrogens with one attached hydrogen (secondary N) is 1. The fourth-order valence-electron chi connectivity index (χ4n) is 2.91. The Hall–Kier alpha value is -1.23. The van der Waals surface area contributed by atoms with Gasteiger partial charge in [-0.1, -0.05) is 12.1 Å². The van der Waals surface area contributed by atoms with Crippen LogP contribution >= 0.6 is 0 Å². The van der Waals surface area contributed by atoms with Crippen molar-refractivity contribution in [2.24, 2.45) is 0 Å². The number of ether oxygens (including phenoxy) is 1. The zero-order valence-corrected chi connectivity index (χ0v) is 11.3. The number of alkyl halides is 3. The molecule has 0 spiro atoms. The molecule has 0 bridgehead atoms. The van der Waals surface area contributed by atoms with Gasteiger partial charge >= 0.3 is 6.18 Å². The number of rotatable bonds is 4. The van der Waals surface area contributed by atoms with Crippen LogP contribution in [0.3, 0.4) is 0 Å². The summed E-state index contributed by atoms with van der Waals surface area (Å²) in [5, 5.41) is 2.82. The van der Waals surface area contributed by atoms with E-state index in [1.54, 1.807) is 7.11 Å². The van der Waals surface area contributed by atoms with Gasteiger partial charge in [-0.15, -0.1) is 0 Å². The predicted molar refractivity (Wildman–Crippen MR) is 69.9 cm³/mol. The van der Waals surface area contributed by atoms with Crippen LogP contribution in [-0.4, -0.2) is 24.9 Å². The van der Waals surface area contributed by atoms with Crippen LogP contribution in [0.4, 0.5) is 13.2 Å². The van der Waals surface area contributed by atoms with Gasteiger partial charge in [0.25, 0.3) is 0 Å². The van der Waals surface area contributed by atoms with Gasteiger partial charge in [-0.05, 0) is 49.3 Å². The van der Waals surface area contributed by atoms with Crippen LogP contribution in [0, 0.1) is 0 Å². The first kappa shape index (κ1) is 13.7. The highest BCUT2D eigenvalue weighted by molar-refractivity contribution is 5.31. The van der Waals surface area contributed by atoms with Crippen LogP contribution in [0.25, 0.3) is 0 Å². The minimum Gasteiger partial charge on any atom is -0.497 e. The molecule has 1 N–H and O–H groups in total. The van der Waals surface area contributed by atoms with Crippen molar-refractivity contribution in [3.63, 3.8) is 0 Å². The van der Waals surface area contributed by atoms with E-state index < -0.39 is 11.7 Å². The van der Waals surface area contributed by atoms with Crippen molar-refractivity contribution >= 4 is 0 Å². The van der Waals surface area contributed by atoms with Gasteiger partial charge < -0.3 is 10.1 Å². The molecule has 110 valence electrons. The molecule has 0 atom stereocenters. The van der Waals surface area contributed by atoms with Gasteiger partial charge in [-0.25, -0.2) is 0 Å². The molecule has 1 aromatic carbocycles. The number of hydrogen-bond acceptors (Lipinski definition) is 2. The summed E-state index contributed by atoms with van der Waals surface area (Å²) in [6.07, 6.45) is -2.10. The standard InChI is InChI=1S/C15H18F3NO/c1-20-13-4-2-10(3-5-13)11-8-12(9-11)19-14(6-7-14)15(16,17)18/h2-5,11-12,19H,6-9H2,1H3. The second kappa shape index (κ2) is 4.65. The lowest BCUT2D eigenvalue weighted by molar-refractivity contribution is -0.169. The van der Waals surface area contributed by atoms with Gasteiger partial charge in [-0.3, -0.25) is 0 Å². The molecule has 0 saturated heterocycles. The molecule has 0 radical (unpaired) electrons. The molecule has 2 fully saturated rings. The van der Waals surface area contributed by atoms with Crippen LogP contribution < -0.4 is 10.1 Å². The molecule has 1 aromatic rings. The third kappa shape index (κ3) is 2.39. The highest BCUT2D eigenvalue weighted by atomic mass is 19.4. The monoisotopic (exact) mass is 285 g/mol. The summed E-state index contributed by atoms with van der Waals surface area (Å²) in [5.41, 5.74) is -0.400. The van der Waals surface area contributed by atoms with Crippen LogP contribution in [0.1, 0.15) is 37.2 Å². The van der Waals surface area contributed by atoms with Crippen LogP contribution in [0.2, 0.25) is 0 Å². The average molecular weight is 285 g/mol. The third-order valence-corrected chi connectivity index (χ3v) is 4.50. The molecule has 0 aliphatic heterocycles. The van der Waals surface area contributed by atoms with Crippen molar-refractivity contribution < 1.29 is 17.9 Å². The summed E-state index contributed by atoms with van der Waals surface area (Å²) in [6, 6.07) is 7.78. The molecule has 2 aliphatic carbocycles. The maximum absolute atomic E-state index is 12.8. The number of halogens is 3. The van der Waals surface area contributed by atoms with Crippen LogP contribution in [-0.2, 0) is 0 Å². The van der Waals surface area contributed by atoms with E-state index in [4.69, 9.17) is 4.74 Å². The topological polar surface area (TPSA) is 21.3 Å². The fraction of sp³-hybridized carbons (Fsp3) is 0.600. The van der Waals surface area contributed by atoms with Gasteiger partial charge in [0, 0.05) is 6.04 Å². The highest BCUT2D eigenvalue weighted by Gasteiger charge is 2.64. The van der Waals surface area contributed by atoms with E-state index in [2.05, 4.69) is 5.32 Å². The van der Waals surface area contributed by atoms with E-state index in [-0.39, 0.29) is 18.9 Å². The van der Waals surface area contributed by atoms with Crippen LogP contribution in [0.5, 0.6) is 5.75 Å².